The van der Waals surface area contributed by atoms with Crippen LogP contribution in [0.3, 0.4) is 0 Å². The third kappa shape index (κ3) is 6.96. The van der Waals surface area contributed by atoms with E-state index in [-0.39, 0.29) is 30.5 Å². The fourth-order valence-corrected chi connectivity index (χ4v) is 6.45. The molecule has 0 radical (unpaired) electrons. The lowest BCUT2D eigenvalue weighted by atomic mass is 9.95. The summed E-state index contributed by atoms with van der Waals surface area (Å²) in [5.41, 5.74) is 2.62. The van der Waals surface area contributed by atoms with E-state index in [0.29, 0.717) is 53.5 Å². The average Bonchev–Trinajstić information content (AvgIpc) is 3.30. The number of carbonyl (C=O) groups is 1. The van der Waals surface area contributed by atoms with Crippen LogP contribution in [0.4, 0.5) is 0 Å². The number of nitrogens with zero attached hydrogens (tertiary/aromatic N) is 2. The summed E-state index contributed by atoms with van der Waals surface area (Å²) in [6.07, 6.45) is 1.59. The molecule has 0 amide bonds. The number of halogens is 2. The predicted molar refractivity (Wildman–Crippen MR) is 176 cm³/mol. The number of rotatable bonds is 10. The van der Waals surface area contributed by atoms with Gasteiger partial charge in [-0.15, -0.1) is 0 Å². The number of methoxy groups -OCH3 is 1. The Hall–Kier alpha value is -4.05. The number of aromatic nitrogens is 1. The second-order valence-corrected chi connectivity index (χ2v) is 12.3. The zero-order valence-electron chi connectivity index (χ0n) is 25.4. The molecule has 0 unspecified atom stereocenters. The molecule has 0 bridgehead atoms. The number of allylic oxidation sites excluding steroid dienone is 1. The molecule has 45 heavy (non-hydrogen) atoms. The highest BCUT2D eigenvalue weighted by Crippen LogP contribution is 2.38. The van der Waals surface area contributed by atoms with Crippen molar-refractivity contribution in [2.24, 2.45) is 4.99 Å². The lowest BCUT2D eigenvalue weighted by Gasteiger charge is -2.26. The maximum Gasteiger partial charge on any atom is 0.338 e. The molecule has 5 rings (SSSR count). The van der Waals surface area contributed by atoms with Gasteiger partial charge in [0.15, 0.2) is 16.3 Å². The van der Waals surface area contributed by atoms with Gasteiger partial charge in [0.25, 0.3) is 5.56 Å². The molecule has 4 aromatic rings. The summed E-state index contributed by atoms with van der Waals surface area (Å²) in [7, 11) is 1.52. The van der Waals surface area contributed by atoms with E-state index in [9.17, 15) is 9.59 Å². The average molecular weight is 668 g/mol. The van der Waals surface area contributed by atoms with E-state index in [0.717, 1.165) is 5.56 Å². The Morgan fingerprint density at radius 3 is 2.51 bits per heavy atom. The summed E-state index contributed by atoms with van der Waals surface area (Å²) in [4.78, 5) is 32.5. The smallest absolute Gasteiger partial charge is 0.338 e. The maximum absolute atomic E-state index is 14.1. The first-order valence-corrected chi connectivity index (χ1v) is 15.9. The molecule has 3 aromatic carbocycles. The minimum atomic E-state index is -0.806. The topological polar surface area (TPSA) is 88.4 Å². The van der Waals surface area contributed by atoms with Gasteiger partial charge in [-0.1, -0.05) is 64.9 Å². The molecule has 0 fully saturated rings. The Balaban J connectivity index is 1.60. The molecule has 1 atom stereocenters. The number of fused-ring (bicyclic) bond motifs is 1. The summed E-state index contributed by atoms with van der Waals surface area (Å²) in [6.45, 7) is 7.76. The second kappa shape index (κ2) is 13.9. The van der Waals surface area contributed by atoms with E-state index in [1.54, 1.807) is 44.2 Å². The van der Waals surface area contributed by atoms with E-state index in [2.05, 4.69) is 4.99 Å². The van der Waals surface area contributed by atoms with Gasteiger partial charge in [0.1, 0.15) is 18.4 Å². The molecule has 1 aliphatic heterocycles. The number of esters is 1. The van der Waals surface area contributed by atoms with Crippen LogP contribution in [0, 0.1) is 0 Å². The first kappa shape index (κ1) is 32.3. The molecule has 0 spiro atoms. The highest BCUT2D eigenvalue weighted by molar-refractivity contribution is 7.07. The molecule has 2 heterocycles. The van der Waals surface area contributed by atoms with Crippen LogP contribution in [0.1, 0.15) is 50.4 Å². The van der Waals surface area contributed by atoms with Crippen LogP contribution in [0.2, 0.25) is 10.0 Å². The van der Waals surface area contributed by atoms with Gasteiger partial charge in [-0.2, -0.15) is 0 Å². The van der Waals surface area contributed by atoms with Crippen molar-refractivity contribution in [2.45, 2.75) is 46.4 Å². The van der Waals surface area contributed by atoms with Crippen molar-refractivity contribution in [1.29, 1.82) is 0 Å². The first-order valence-electron chi connectivity index (χ1n) is 14.3. The summed E-state index contributed by atoms with van der Waals surface area (Å²) in [5.74, 6) is 0.815. The minimum absolute atomic E-state index is 0.129. The molecule has 0 saturated carbocycles. The number of carbonyl (C=O) groups excluding carboxylic acids is 1. The fraction of sp³-hybridized carbons (Fsp3) is 0.265. The summed E-state index contributed by atoms with van der Waals surface area (Å²) in [6, 6.07) is 17.3. The number of ether oxygens (including phenoxy) is 4. The molecule has 1 aliphatic rings. The SMILES string of the molecule is CCOC(=O)C1=C(C)N=c2s/c(=C/c3cc(Cl)c(OCc4ccc(Cl)cc4)c(OC)c3)c(=O)n2[C@@H]1c1ccccc1OC(C)C. The zero-order valence-corrected chi connectivity index (χ0v) is 27.8. The molecule has 0 saturated heterocycles. The summed E-state index contributed by atoms with van der Waals surface area (Å²) in [5, 5.41) is 0.955. The molecule has 0 aliphatic carbocycles. The Morgan fingerprint density at radius 1 is 1.09 bits per heavy atom. The Bertz CT molecular complexity index is 1950. The van der Waals surface area contributed by atoms with Crippen LogP contribution >= 0.6 is 34.5 Å². The van der Waals surface area contributed by atoms with E-state index in [4.69, 9.17) is 42.1 Å². The summed E-state index contributed by atoms with van der Waals surface area (Å²) >= 11 is 13.9. The molecular weight excluding hydrogens is 635 g/mol. The Labute approximate surface area is 274 Å². The summed E-state index contributed by atoms with van der Waals surface area (Å²) < 4.78 is 25.0. The third-order valence-electron chi connectivity index (χ3n) is 6.94. The lowest BCUT2D eigenvalue weighted by Crippen LogP contribution is -2.40. The second-order valence-electron chi connectivity index (χ2n) is 10.5. The van der Waals surface area contributed by atoms with Crippen molar-refractivity contribution in [1.82, 2.24) is 4.57 Å². The zero-order chi connectivity index (χ0) is 32.2. The molecule has 1 aromatic heterocycles. The van der Waals surface area contributed by atoms with E-state index < -0.39 is 12.0 Å². The quantitative estimate of drug-likeness (QED) is 0.180. The van der Waals surface area contributed by atoms with Gasteiger partial charge in [0.05, 0.1) is 40.6 Å². The first-order chi connectivity index (χ1) is 21.6. The standard InChI is InChI=1S/C34H32Cl2N2O6S/c1-6-42-33(40)29-20(4)37-34-38(30(29)24-9-7-8-10-26(24)44-19(2)3)32(39)28(45-34)17-22-15-25(36)31(27(16-22)41-5)43-18-21-11-13-23(35)14-12-21/h7-17,19,30H,6,18H2,1-5H3/b28-17+/t30-/m1/s1. The van der Waals surface area contributed by atoms with Crippen LogP contribution in [-0.2, 0) is 16.1 Å². The highest BCUT2D eigenvalue weighted by atomic mass is 35.5. The van der Waals surface area contributed by atoms with Gasteiger partial charge in [-0.3, -0.25) is 9.36 Å². The van der Waals surface area contributed by atoms with Gasteiger partial charge < -0.3 is 18.9 Å². The van der Waals surface area contributed by atoms with Crippen LogP contribution < -0.4 is 29.1 Å². The minimum Gasteiger partial charge on any atom is -0.493 e. The largest absolute Gasteiger partial charge is 0.493 e. The molecule has 11 heteroatoms. The maximum atomic E-state index is 14.1. The Kier molecular flexibility index (Phi) is 10.0. The van der Waals surface area contributed by atoms with Crippen LogP contribution in [-0.4, -0.2) is 30.4 Å². The monoisotopic (exact) mass is 666 g/mol. The van der Waals surface area contributed by atoms with Crippen molar-refractivity contribution in [3.05, 3.63) is 118 Å². The van der Waals surface area contributed by atoms with Crippen molar-refractivity contribution >= 4 is 46.6 Å². The van der Waals surface area contributed by atoms with Crippen molar-refractivity contribution in [3.63, 3.8) is 0 Å². The van der Waals surface area contributed by atoms with E-state index >= 15 is 0 Å². The third-order valence-corrected chi connectivity index (χ3v) is 8.45. The number of benzene rings is 3. The van der Waals surface area contributed by atoms with Crippen molar-refractivity contribution < 1.29 is 23.7 Å². The predicted octanol–water partition coefficient (Wildman–Crippen LogP) is 6.48. The number of hydrogen-bond donors (Lipinski definition) is 0. The highest BCUT2D eigenvalue weighted by Gasteiger charge is 2.35. The number of para-hydroxylation sites is 1. The normalized spacial score (nSPS) is 14.7. The number of thiazole rings is 1. The number of hydrogen-bond acceptors (Lipinski definition) is 8. The van der Waals surface area contributed by atoms with E-state index in [1.165, 1.54) is 23.0 Å². The fourth-order valence-electron chi connectivity index (χ4n) is 5.00. The van der Waals surface area contributed by atoms with Gasteiger partial charge in [-0.25, -0.2) is 9.79 Å². The van der Waals surface area contributed by atoms with Crippen LogP contribution in [0.5, 0.6) is 17.2 Å². The van der Waals surface area contributed by atoms with Crippen LogP contribution in [0.15, 0.2) is 81.7 Å². The van der Waals surface area contributed by atoms with Crippen LogP contribution in [0.25, 0.3) is 6.08 Å². The molecule has 0 N–H and O–H groups in total. The van der Waals surface area contributed by atoms with E-state index in [1.807, 2.05) is 50.2 Å². The molecule has 234 valence electrons. The Morgan fingerprint density at radius 2 is 1.82 bits per heavy atom. The van der Waals surface area contributed by atoms with Gasteiger partial charge >= 0.3 is 5.97 Å². The van der Waals surface area contributed by atoms with Gasteiger partial charge in [0, 0.05) is 10.6 Å². The molecular formula is C34H32Cl2N2O6S. The van der Waals surface area contributed by atoms with Gasteiger partial charge in [-0.05, 0) is 75.2 Å². The lowest BCUT2D eigenvalue weighted by molar-refractivity contribution is -0.139. The van der Waals surface area contributed by atoms with Crippen molar-refractivity contribution in [3.8, 4) is 17.2 Å². The van der Waals surface area contributed by atoms with Crippen molar-refractivity contribution in [2.75, 3.05) is 13.7 Å². The van der Waals surface area contributed by atoms with Gasteiger partial charge in [0.2, 0.25) is 0 Å². The molecule has 8 nitrogen and oxygen atoms in total.